The lowest BCUT2D eigenvalue weighted by Crippen LogP contribution is -1.92. The molecule has 0 saturated carbocycles. The van der Waals surface area contributed by atoms with Crippen molar-refractivity contribution < 1.29 is 4.39 Å². The van der Waals surface area contributed by atoms with E-state index in [1.54, 1.807) is 18.7 Å². The Morgan fingerprint density at radius 3 is 2.92 bits per heavy atom. The molecule has 2 aromatic rings. The Kier molecular flexibility index (Phi) is 1.73. The van der Waals surface area contributed by atoms with Crippen LogP contribution in [0.25, 0.3) is 11.0 Å². The molecule has 2 rings (SSSR count). The van der Waals surface area contributed by atoms with Gasteiger partial charge in [-0.2, -0.15) is 5.10 Å². The lowest BCUT2D eigenvalue weighted by atomic mass is 10.3. The summed E-state index contributed by atoms with van der Waals surface area (Å²) in [7, 11) is 1.75. The van der Waals surface area contributed by atoms with Crippen LogP contribution >= 0.6 is 11.6 Å². The van der Waals surface area contributed by atoms with Crippen LogP contribution in [-0.2, 0) is 7.05 Å². The Bertz CT molecular complexity index is 436. The van der Waals surface area contributed by atoms with Crippen molar-refractivity contribution in [1.29, 1.82) is 0 Å². The third kappa shape index (κ3) is 1.18. The molecule has 0 aliphatic carbocycles. The van der Waals surface area contributed by atoms with Crippen molar-refractivity contribution in [2.75, 3.05) is 0 Å². The molecular formula is C8H7ClFN3. The van der Waals surface area contributed by atoms with Crippen LogP contribution in [0.3, 0.4) is 0 Å². The van der Waals surface area contributed by atoms with Gasteiger partial charge >= 0.3 is 0 Å². The van der Waals surface area contributed by atoms with Gasteiger partial charge in [0.2, 0.25) is 0 Å². The second-order valence-electron chi connectivity index (χ2n) is 2.84. The Labute approximate surface area is 79.1 Å². The standard InChI is InChI=1S/C8H7ClFN3/c1-4-5-3-6(10)7(9)11-8(5)13(2)12-4/h3H,1-2H3. The van der Waals surface area contributed by atoms with Crippen LogP contribution in [0.15, 0.2) is 6.07 Å². The predicted octanol–water partition coefficient (Wildman–Crippen LogP) is 2.07. The summed E-state index contributed by atoms with van der Waals surface area (Å²) in [4.78, 5) is 3.89. The molecule has 0 N–H and O–H groups in total. The highest BCUT2D eigenvalue weighted by Gasteiger charge is 2.10. The quantitative estimate of drug-likeness (QED) is 0.609. The van der Waals surface area contributed by atoms with Gasteiger partial charge in [-0.25, -0.2) is 9.37 Å². The largest absolute Gasteiger partial charge is 0.250 e. The Morgan fingerprint density at radius 1 is 1.54 bits per heavy atom. The van der Waals surface area contributed by atoms with E-state index in [9.17, 15) is 4.39 Å². The fourth-order valence-electron chi connectivity index (χ4n) is 1.30. The minimum Gasteiger partial charge on any atom is -0.250 e. The molecule has 2 aromatic heterocycles. The minimum atomic E-state index is -0.509. The molecule has 0 aliphatic heterocycles. The summed E-state index contributed by atoms with van der Waals surface area (Å²) in [6.45, 7) is 1.80. The second-order valence-corrected chi connectivity index (χ2v) is 3.20. The van der Waals surface area contributed by atoms with Crippen molar-refractivity contribution in [2.24, 2.45) is 7.05 Å². The number of pyridine rings is 1. The molecule has 0 unspecified atom stereocenters. The van der Waals surface area contributed by atoms with Gasteiger partial charge in [-0.05, 0) is 13.0 Å². The van der Waals surface area contributed by atoms with Crippen LogP contribution in [0.2, 0.25) is 5.15 Å². The molecule has 0 amide bonds. The smallest absolute Gasteiger partial charge is 0.167 e. The number of aryl methyl sites for hydroxylation is 2. The Morgan fingerprint density at radius 2 is 2.23 bits per heavy atom. The van der Waals surface area contributed by atoms with Gasteiger partial charge in [-0.1, -0.05) is 11.6 Å². The van der Waals surface area contributed by atoms with Crippen molar-refractivity contribution in [3.05, 3.63) is 22.7 Å². The minimum absolute atomic E-state index is 0.115. The third-order valence-corrected chi connectivity index (χ3v) is 2.17. The molecule has 0 radical (unpaired) electrons. The van der Waals surface area contributed by atoms with Gasteiger partial charge in [-0.15, -0.1) is 0 Å². The second kappa shape index (κ2) is 2.67. The monoisotopic (exact) mass is 199 g/mol. The predicted molar refractivity (Wildman–Crippen MR) is 48.2 cm³/mol. The maximum absolute atomic E-state index is 13.0. The molecule has 0 aromatic carbocycles. The molecule has 0 atom stereocenters. The van der Waals surface area contributed by atoms with Crippen molar-refractivity contribution in [2.45, 2.75) is 6.92 Å². The van der Waals surface area contributed by atoms with Crippen molar-refractivity contribution in [3.8, 4) is 0 Å². The molecule has 3 nitrogen and oxygen atoms in total. The van der Waals surface area contributed by atoms with Crippen LogP contribution in [0.1, 0.15) is 5.69 Å². The molecule has 0 bridgehead atoms. The molecular weight excluding hydrogens is 193 g/mol. The van der Waals surface area contributed by atoms with Crippen LogP contribution in [-0.4, -0.2) is 14.8 Å². The van der Waals surface area contributed by atoms with E-state index in [2.05, 4.69) is 10.1 Å². The van der Waals surface area contributed by atoms with Gasteiger partial charge in [0.15, 0.2) is 16.6 Å². The lowest BCUT2D eigenvalue weighted by molar-refractivity contribution is 0.624. The first-order chi connectivity index (χ1) is 6.09. The zero-order chi connectivity index (χ0) is 9.59. The van der Waals surface area contributed by atoms with Gasteiger partial charge in [-0.3, -0.25) is 4.68 Å². The zero-order valence-electron chi connectivity index (χ0n) is 7.17. The maximum Gasteiger partial charge on any atom is 0.167 e. The van der Waals surface area contributed by atoms with Gasteiger partial charge < -0.3 is 0 Å². The third-order valence-electron chi connectivity index (χ3n) is 1.91. The summed E-state index contributed by atoms with van der Waals surface area (Å²) in [6.07, 6.45) is 0. The van der Waals surface area contributed by atoms with Gasteiger partial charge in [0.05, 0.1) is 5.69 Å². The fraction of sp³-hybridized carbons (Fsp3) is 0.250. The van der Waals surface area contributed by atoms with E-state index in [-0.39, 0.29) is 5.15 Å². The molecule has 0 saturated heterocycles. The van der Waals surface area contributed by atoms with E-state index in [0.29, 0.717) is 11.0 Å². The molecule has 0 spiro atoms. The SMILES string of the molecule is Cc1nn(C)c2nc(Cl)c(F)cc12. The van der Waals surface area contributed by atoms with E-state index in [1.165, 1.54) is 6.07 Å². The number of hydrogen-bond donors (Lipinski definition) is 0. The van der Waals surface area contributed by atoms with Crippen molar-refractivity contribution >= 4 is 22.6 Å². The van der Waals surface area contributed by atoms with Crippen LogP contribution < -0.4 is 0 Å². The van der Waals surface area contributed by atoms with Crippen molar-refractivity contribution in [3.63, 3.8) is 0 Å². The summed E-state index contributed by atoms with van der Waals surface area (Å²) >= 11 is 5.54. The molecule has 13 heavy (non-hydrogen) atoms. The average molecular weight is 200 g/mol. The number of fused-ring (bicyclic) bond motifs is 1. The van der Waals surface area contributed by atoms with E-state index in [1.807, 2.05) is 0 Å². The Balaban J connectivity index is 2.91. The first-order valence-electron chi connectivity index (χ1n) is 3.75. The first-order valence-corrected chi connectivity index (χ1v) is 4.12. The van der Waals surface area contributed by atoms with E-state index < -0.39 is 5.82 Å². The number of nitrogens with zero attached hydrogens (tertiary/aromatic N) is 3. The number of halogens is 2. The average Bonchev–Trinajstić information content (AvgIpc) is 2.31. The lowest BCUT2D eigenvalue weighted by Gasteiger charge is -1.95. The highest BCUT2D eigenvalue weighted by Crippen LogP contribution is 2.20. The van der Waals surface area contributed by atoms with Crippen molar-refractivity contribution in [1.82, 2.24) is 14.8 Å². The number of aromatic nitrogens is 3. The molecule has 0 fully saturated rings. The van der Waals surface area contributed by atoms with Crippen LogP contribution in [0.4, 0.5) is 4.39 Å². The van der Waals surface area contributed by atoms with E-state index >= 15 is 0 Å². The summed E-state index contributed by atoms with van der Waals surface area (Å²) in [6, 6.07) is 1.35. The van der Waals surface area contributed by atoms with E-state index in [4.69, 9.17) is 11.6 Å². The van der Waals surface area contributed by atoms with Gasteiger partial charge in [0.1, 0.15) is 0 Å². The Hall–Kier alpha value is -1.16. The number of hydrogen-bond acceptors (Lipinski definition) is 2. The first kappa shape index (κ1) is 8.44. The summed E-state index contributed by atoms with van der Waals surface area (Å²) in [5.41, 5.74) is 1.35. The van der Waals surface area contributed by atoms with E-state index in [0.717, 1.165) is 5.69 Å². The summed E-state index contributed by atoms with van der Waals surface area (Å²) in [5.74, 6) is -0.509. The van der Waals surface area contributed by atoms with Gasteiger partial charge in [0, 0.05) is 12.4 Å². The normalized spacial score (nSPS) is 11.1. The zero-order valence-corrected chi connectivity index (χ0v) is 7.93. The molecule has 5 heteroatoms. The molecule has 68 valence electrons. The summed E-state index contributed by atoms with van der Waals surface area (Å²) in [5, 5.41) is 4.68. The molecule has 0 aliphatic rings. The summed E-state index contributed by atoms with van der Waals surface area (Å²) < 4.78 is 14.6. The van der Waals surface area contributed by atoms with Gasteiger partial charge in [0.25, 0.3) is 0 Å². The van der Waals surface area contributed by atoms with Crippen LogP contribution in [0.5, 0.6) is 0 Å². The van der Waals surface area contributed by atoms with Crippen LogP contribution in [0, 0.1) is 12.7 Å². The molecule has 2 heterocycles. The fourth-order valence-corrected chi connectivity index (χ4v) is 1.43. The highest BCUT2D eigenvalue weighted by molar-refractivity contribution is 6.29. The highest BCUT2D eigenvalue weighted by atomic mass is 35.5. The maximum atomic E-state index is 13.0. The topological polar surface area (TPSA) is 30.7 Å². The number of rotatable bonds is 0.